The molecule has 2 aromatic rings. The minimum Gasteiger partial charge on any atom is -0.497 e. The normalized spacial score (nSPS) is 15.7. The van der Waals surface area contributed by atoms with Crippen LogP contribution in [0.1, 0.15) is 11.1 Å². The van der Waals surface area contributed by atoms with Gasteiger partial charge in [-0.25, -0.2) is 8.42 Å². The van der Waals surface area contributed by atoms with Crippen molar-refractivity contribution in [3.8, 4) is 5.75 Å². The third-order valence-corrected chi connectivity index (χ3v) is 6.63. The van der Waals surface area contributed by atoms with E-state index in [1.807, 2.05) is 31.2 Å². The monoisotopic (exact) mass is 400 g/mol. The third-order valence-electron chi connectivity index (χ3n) is 4.72. The highest BCUT2D eigenvalue weighted by atomic mass is 32.2. The number of rotatable bonds is 5. The number of hydrogen-bond donors (Lipinski definition) is 0. The van der Waals surface area contributed by atoms with Gasteiger partial charge in [-0.3, -0.25) is 4.79 Å². The molecule has 6 nitrogen and oxygen atoms in total. The Labute approximate surface area is 166 Å². The standard InChI is InChI=1S/C21H24N2O4S/c1-17-6-9-20(10-7-17)28(25,26)23-14-12-22(13-15-23)21(24)11-8-18-4-3-5-19(16-18)27-2/h3-11,16H,12-15H2,1-2H3/b11-8+. The molecule has 0 unspecified atom stereocenters. The number of amides is 1. The van der Waals surface area contributed by atoms with Crippen molar-refractivity contribution >= 4 is 22.0 Å². The van der Waals surface area contributed by atoms with Crippen molar-refractivity contribution in [1.29, 1.82) is 0 Å². The molecule has 0 radical (unpaired) electrons. The van der Waals surface area contributed by atoms with Crippen molar-refractivity contribution in [3.05, 3.63) is 65.7 Å². The third kappa shape index (κ3) is 4.61. The SMILES string of the molecule is COc1cccc(/C=C/C(=O)N2CCN(S(=O)(=O)c3ccc(C)cc3)CC2)c1. The van der Waals surface area contributed by atoms with Gasteiger partial charge in [0.05, 0.1) is 12.0 Å². The van der Waals surface area contributed by atoms with Gasteiger partial charge in [-0.15, -0.1) is 0 Å². The topological polar surface area (TPSA) is 66.9 Å². The Morgan fingerprint density at radius 3 is 2.36 bits per heavy atom. The quantitative estimate of drug-likeness (QED) is 0.724. The molecule has 7 heteroatoms. The molecule has 0 atom stereocenters. The van der Waals surface area contributed by atoms with E-state index in [1.165, 1.54) is 10.4 Å². The van der Waals surface area contributed by atoms with Crippen molar-refractivity contribution in [2.75, 3.05) is 33.3 Å². The van der Waals surface area contributed by atoms with Crippen molar-refractivity contribution < 1.29 is 17.9 Å². The van der Waals surface area contributed by atoms with Gasteiger partial charge >= 0.3 is 0 Å². The molecule has 0 saturated carbocycles. The number of piperazine rings is 1. The smallest absolute Gasteiger partial charge is 0.246 e. The van der Waals surface area contributed by atoms with Crippen LogP contribution < -0.4 is 4.74 Å². The fourth-order valence-electron chi connectivity index (χ4n) is 3.03. The lowest BCUT2D eigenvalue weighted by molar-refractivity contribution is -0.127. The number of carbonyl (C=O) groups is 1. The minimum absolute atomic E-state index is 0.129. The van der Waals surface area contributed by atoms with Crippen LogP contribution in [0.15, 0.2) is 59.5 Å². The van der Waals surface area contributed by atoms with Gasteiger partial charge in [-0.2, -0.15) is 4.31 Å². The maximum absolute atomic E-state index is 12.7. The molecule has 148 valence electrons. The lowest BCUT2D eigenvalue weighted by Gasteiger charge is -2.33. The van der Waals surface area contributed by atoms with E-state index in [2.05, 4.69) is 0 Å². The van der Waals surface area contributed by atoms with E-state index in [0.717, 1.165) is 16.9 Å². The average Bonchev–Trinajstić information content (AvgIpc) is 2.72. The van der Waals surface area contributed by atoms with Gasteiger partial charge in [-0.05, 0) is 42.8 Å². The fraction of sp³-hybridized carbons (Fsp3) is 0.286. The predicted octanol–water partition coefficient (Wildman–Crippen LogP) is 2.55. The highest BCUT2D eigenvalue weighted by Crippen LogP contribution is 2.19. The summed E-state index contributed by atoms with van der Waals surface area (Å²) in [7, 11) is -1.93. The van der Waals surface area contributed by atoms with E-state index in [9.17, 15) is 13.2 Å². The predicted molar refractivity (Wildman–Crippen MR) is 109 cm³/mol. The van der Waals surface area contributed by atoms with E-state index in [4.69, 9.17) is 4.74 Å². The second-order valence-electron chi connectivity index (χ2n) is 6.65. The molecule has 1 fully saturated rings. The van der Waals surface area contributed by atoms with Crippen molar-refractivity contribution in [3.63, 3.8) is 0 Å². The van der Waals surface area contributed by atoms with E-state index in [0.29, 0.717) is 13.1 Å². The number of carbonyl (C=O) groups excluding carboxylic acids is 1. The van der Waals surface area contributed by atoms with Crippen molar-refractivity contribution in [2.45, 2.75) is 11.8 Å². The molecule has 1 aliphatic heterocycles. The molecule has 1 saturated heterocycles. The molecule has 1 heterocycles. The molecule has 0 aliphatic carbocycles. The number of methoxy groups -OCH3 is 1. The maximum Gasteiger partial charge on any atom is 0.246 e. The number of aryl methyl sites for hydroxylation is 1. The highest BCUT2D eigenvalue weighted by Gasteiger charge is 2.29. The minimum atomic E-state index is -3.53. The number of sulfonamides is 1. The maximum atomic E-state index is 12.7. The Kier molecular flexibility index (Phi) is 6.16. The summed E-state index contributed by atoms with van der Waals surface area (Å²) in [5, 5.41) is 0. The van der Waals surface area contributed by atoms with Crippen LogP contribution in [0.3, 0.4) is 0 Å². The first-order chi connectivity index (χ1) is 13.4. The van der Waals surface area contributed by atoms with E-state index >= 15 is 0 Å². The summed E-state index contributed by atoms with van der Waals surface area (Å²) in [6.45, 7) is 3.22. The fourth-order valence-corrected chi connectivity index (χ4v) is 4.45. The molecule has 0 spiro atoms. The van der Waals surface area contributed by atoms with Gasteiger partial charge in [0.25, 0.3) is 0 Å². The van der Waals surface area contributed by atoms with Gasteiger partial charge in [0.15, 0.2) is 0 Å². The zero-order chi connectivity index (χ0) is 20.1. The first kappa shape index (κ1) is 20.1. The molecule has 0 aromatic heterocycles. The van der Waals surface area contributed by atoms with Gasteiger partial charge in [-0.1, -0.05) is 29.8 Å². The zero-order valence-corrected chi connectivity index (χ0v) is 16.9. The van der Waals surface area contributed by atoms with Crippen LogP contribution in [-0.4, -0.2) is 56.8 Å². The van der Waals surface area contributed by atoms with Crippen LogP contribution in [0.4, 0.5) is 0 Å². The van der Waals surface area contributed by atoms with Crippen LogP contribution in [0.5, 0.6) is 5.75 Å². The van der Waals surface area contributed by atoms with E-state index in [1.54, 1.807) is 42.4 Å². The molecule has 0 bridgehead atoms. The molecule has 3 rings (SSSR count). The summed E-state index contributed by atoms with van der Waals surface area (Å²) in [5.74, 6) is 0.597. The van der Waals surface area contributed by atoms with Crippen LogP contribution >= 0.6 is 0 Å². The first-order valence-electron chi connectivity index (χ1n) is 9.08. The lowest BCUT2D eigenvalue weighted by Crippen LogP contribution is -2.50. The summed E-state index contributed by atoms with van der Waals surface area (Å²) >= 11 is 0. The molecule has 1 amide bonds. The first-order valence-corrected chi connectivity index (χ1v) is 10.5. The van der Waals surface area contributed by atoms with Crippen LogP contribution in [0.2, 0.25) is 0 Å². The van der Waals surface area contributed by atoms with Gasteiger partial charge in [0.2, 0.25) is 15.9 Å². The Balaban J connectivity index is 1.60. The van der Waals surface area contributed by atoms with Crippen LogP contribution in [0, 0.1) is 6.92 Å². The van der Waals surface area contributed by atoms with Crippen LogP contribution in [-0.2, 0) is 14.8 Å². The molecule has 2 aromatic carbocycles. The summed E-state index contributed by atoms with van der Waals surface area (Å²) in [5.41, 5.74) is 1.88. The average molecular weight is 401 g/mol. The highest BCUT2D eigenvalue weighted by molar-refractivity contribution is 7.89. The number of nitrogens with zero attached hydrogens (tertiary/aromatic N) is 2. The molecular weight excluding hydrogens is 376 g/mol. The summed E-state index contributed by atoms with van der Waals surface area (Å²) in [6, 6.07) is 14.3. The lowest BCUT2D eigenvalue weighted by atomic mass is 10.2. The summed E-state index contributed by atoms with van der Waals surface area (Å²) < 4.78 is 32.1. The summed E-state index contributed by atoms with van der Waals surface area (Å²) in [6.07, 6.45) is 3.25. The second-order valence-corrected chi connectivity index (χ2v) is 8.59. The Morgan fingerprint density at radius 2 is 1.71 bits per heavy atom. The molecular formula is C21H24N2O4S. The van der Waals surface area contributed by atoms with E-state index in [-0.39, 0.29) is 23.9 Å². The molecule has 1 aliphatic rings. The summed E-state index contributed by atoms with van der Waals surface area (Å²) in [4.78, 5) is 14.4. The molecule has 28 heavy (non-hydrogen) atoms. The second kappa shape index (κ2) is 8.58. The number of hydrogen-bond acceptors (Lipinski definition) is 4. The molecule has 0 N–H and O–H groups in total. The van der Waals surface area contributed by atoms with E-state index < -0.39 is 10.0 Å². The van der Waals surface area contributed by atoms with Gasteiger partial charge < -0.3 is 9.64 Å². The number of ether oxygens (including phenoxy) is 1. The Morgan fingerprint density at radius 1 is 1.04 bits per heavy atom. The largest absolute Gasteiger partial charge is 0.497 e. The Hall–Kier alpha value is -2.64. The van der Waals surface area contributed by atoms with Crippen LogP contribution in [0.25, 0.3) is 6.08 Å². The van der Waals surface area contributed by atoms with Gasteiger partial charge in [0.1, 0.15) is 5.75 Å². The van der Waals surface area contributed by atoms with Crippen molar-refractivity contribution in [1.82, 2.24) is 9.21 Å². The zero-order valence-electron chi connectivity index (χ0n) is 16.0. The number of benzene rings is 2. The van der Waals surface area contributed by atoms with Gasteiger partial charge in [0, 0.05) is 32.3 Å². The Bertz CT molecular complexity index is 960. The van der Waals surface area contributed by atoms with Crippen molar-refractivity contribution in [2.24, 2.45) is 0 Å².